The lowest BCUT2D eigenvalue weighted by atomic mass is 10.00. The summed E-state index contributed by atoms with van der Waals surface area (Å²) in [5.74, 6) is 0. The number of unbranched alkanes of at least 4 members (excludes halogenated alkanes) is 12. The smallest absolute Gasteiger partial charge is 0.0446 e. The van der Waals surface area contributed by atoms with Crippen molar-refractivity contribution in [3.05, 3.63) is 43.8 Å². The molecule has 0 aliphatic rings. The van der Waals surface area contributed by atoms with Crippen LogP contribution in [0.4, 0.5) is 0 Å². The van der Waals surface area contributed by atoms with E-state index in [4.69, 9.17) is 0 Å². The first-order valence-corrected chi connectivity index (χ1v) is 22.2. The maximum atomic E-state index is 2.62. The van der Waals surface area contributed by atoms with Crippen LogP contribution in [-0.4, -0.2) is 0 Å². The first-order chi connectivity index (χ1) is 22.7. The second-order valence-electron chi connectivity index (χ2n) is 13.8. The molecule has 4 heteroatoms. The average Bonchev–Trinajstić information content (AvgIpc) is 3.85. The molecule has 0 saturated heterocycles. The molecule has 0 nitrogen and oxygen atoms in total. The van der Waals surface area contributed by atoms with Crippen molar-refractivity contribution in [1.82, 2.24) is 0 Å². The summed E-state index contributed by atoms with van der Waals surface area (Å²) in [6.07, 6.45) is 26.3. The van der Waals surface area contributed by atoms with Crippen molar-refractivity contribution < 1.29 is 0 Å². The highest BCUT2D eigenvalue weighted by molar-refractivity contribution is 7.27. The van der Waals surface area contributed by atoms with Crippen LogP contribution in [0, 0.1) is 0 Å². The minimum atomic E-state index is 1.23. The van der Waals surface area contributed by atoms with E-state index in [0.717, 1.165) is 0 Å². The van der Waals surface area contributed by atoms with Crippen molar-refractivity contribution in [2.75, 3.05) is 0 Å². The predicted molar refractivity (Wildman–Crippen MR) is 217 cm³/mol. The summed E-state index contributed by atoms with van der Waals surface area (Å²) < 4.78 is 6.31. The molecular weight excluding hydrogens is 633 g/mol. The first kappa shape index (κ1) is 34.4. The molecule has 0 aliphatic heterocycles. The van der Waals surface area contributed by atoms with Gasteiger partial charge in [0.2, 0.25) is 0 Å². The van der Waals surface area contributed by atoms with Gasteiger partial charge in [-0.25, -0.2) is 0 Å². The van der Waals surface area contributed by atoms with Gasteiger partial charge in [0, 0.05) is 70.6 Å². The van der Waals surface area contributed by atoms with Gasteiger partial charge in [-0.3, -0.25) is 0 Å². The highest BCUT2D eigenvalue weighted by Gasteiger charge is 2.23. The van der Waals surface area contributed by atoms with Gasteiger partial charge in [-0.05, 0) is 75.6 Å². The molecule has 0 atom stereocenters. The van der Waals surface area contributed by atoms with Gasteiger partial charge < -0.3 is 0 Å². The molecule has 248 valence electrons. The lowest BCUT2D eigenvalue weighted by Crippen LogP contribution is -1.81. The molecule has 2 aromatic carbocycles. The van der Waals surface area contributed by atoms with Gasteiger partial charge in [-0.1, -0.05) is 105 Å². The van der Waals surface area contributed by atoms with Crippen LogP contribution >= 0.6 is 45.3 Å². The van der Waals surface area contributed by atoms with Gasteiger partial charge in [0.1, 0.15) is 0 Å². The minimum Gasteiger partial charge on any atom is -0.140 e. The van der Waals surface area contributed by atoms with E-state index in [0.29, 0.717) is 0 Å². The third-order valence-electron chi connectivity index (χ3n) is 9.98. The Morgan fingerprint density at radius 1 is 0.326 bits per heavy atom. The van der Waals surface area contributed by atoms with E-state index in [1.165, 1.54) is 128 Å². The molecule has 6 rings (SSSR count). The number of fused-ring (bicyclic) bond motifs is 11. The molecule has 0 spiro atoms. The largest absolute Gasteiger partial charge is 0.140 e. The number of hydrogen-bond acceptors (Lipinski definition) is 4. The van der Waals surface area contributed by atoms with Crippen molar-refractivity contribution in [2.24, 2.45) is 0 Å². The Morgan fingerprint density at radius 3 is 0.783 bits per heavy atom. The molecule has 6 aromatic rings. The van der Waals surface area contributed by atoms with E-state index in [1.807, 2.05) is 0 Å². The van der Waals surface area contributed by atoms with E-state index in [1.54, 1.807) is 70.6 Å². The molecule has 0 saturated carbocycles. The SMILES string of the molecule is CCCCCCc1cc2c3cc(CCCCCC)sc3c3c4sc(CCCCCC)cc4c4cc(CCCCCC)sc4c3c2s1. The number of hydrogen-bond donors (Lipinski definition) is 0. The maximum absolute atomic E-state index is 2.62. The Morgan fingerprint density at radius 2 is 0.565 bits per heavy atom. The number of aryl methyl sites for hydroxylation is 4. The average molecular weight is 689 g/mol. The topological polar surface area (TPSA) is 0 Å². The summed E-state index contributed by atoms with van der Waals surface area (Å²) in [5.41, 5.74) is 0. The standard InChI is InChI=1S/C42H56S4/c1-5-9-13-17-21-29-25-33-34-26-30(22-18-14-10-6-2)44-40(34)38-37(39(33)43-29)41-35(27-31(45-41)23-19-15-11-7-3)36-28-32(46-42(36)38)24-20-16-12-8-4/h25-28H,5-24H2,1-4H3. The quantitative estimate of drug-likeness (QED) is 0.0700. The summed E-state index contributed by atoms with van der Waals surface area (Å²) in [6, 6.07) is 10.5. The number of thiophene rings is 4. The zero-order valence-corrected chi connectivity index (χ0v) is 32.4. The normalized spacial score (nSPS) is 12.3. The summed E-state index contributed by atoms with van der Waals surface area (Å²) in [6.45, 7) is 9.30. The van der Waals surface area contributed by atoms with Crippen LogP contribution in [0.15, 0.2) is 24.3 Å². The van der Waals surface area contributed by atoms with Crippen molar-refractivity contribution in [3.63, 3.8) is 0 Å². The molecule has 0 unspecified atom stereocenters. The Balaban J connectivity index is 1.56. The number of rotatable bonds is 20. The lowest BCUT2D eigenvalue weighted by Gasteiger charge is -2.07. The van der Waals surface area contributed by atoms with Crippen LogP contribution in [0.3, 0.4) is 0 Å². The van der Waals surface area contributed by atoms with Crippen LogP contribution in [-0.2, 0) is 25.7 Å². The Bertz CT molecular complexity index is 1590. The second kappa shape index (κ2) is 16.8. The molecular formula is C42H56S4. The van der Waals surface area contributed by atoms with Gasteiger partial charge in [-0.2, -0.15) is 0 Å². The van der Waals surface area contributed by atoms with Gasteiger partial charge >= 0.3 is 0 Å². The fourth-order valence-electron chi connectivity index (χ4n) is 7.37. The molecule has 0 radical (unpaired) electrons. The predicted octanol–water partition coefficient (Wildman–Crippen LogP) is 16.2. The molecule has 0 fully saturated rings. The van der Waals surface area contributed by atoms with Gasteiger partial charge in [0.15, 0.2) is 0 Å². The first-order valence-electron chi connectivity index (χ1n) is 18.9. The van der Waals surface area contributed by atoms with E-state index in [9.17, 15) is 0 Å². The number of benzene rings is 2. The zero-order valence-electron chi connectivity index (χ0n) is 29.1. The van der Waals surface area contributed by atoms with Crippen LogP contribution in [0.1, 0.15) is 150 Å². The van der Waals surface area contributed by atoms with E-state index in [2.05, 4.69) is 97.3 Å². The molecule has 0 amide bonds. The molecule has 0 N–H and O–H groups in total. The fraction of sp³-hybridized carbons (Fsp3) is 0.571. The highest BCUT2D eigenvalue weighted by atomic mass is 32.1. The third kappa shape index (κ3) is 7.56. The van der Waals surface area contributed by atoms with Crippen molar-refractivity contribution in [1.29, 1.82) is 0 Å². The lowest BCUT2D eigenvalue weighted by molar-refractivity contribution is 0.670. The Labute approximate surface area is 294 Å². The highest BCUT2D eigenvalue weighted by Crippen LogP contribution is 2.52. The minimum absolute atomic E-state index is 1.23. The van der Waals surface area contributed by atoms with Crippen LogP contribution < -0.4 is 0 Å². The van der Waals surface area contributed by atoms with Gasteiger partial charge in [0.25, 0.3) is 0 Å². The zero-order chi connectivity index (χ0) is 31.9. The van der Waals surface area contributed by atoms with Crippen molar-refractivity contribution >= 4 is 96.5 Å². The van der Waals surface area contributed by atoms with E-state index < -0.39 is 0 Å². The molecule has 46 heavy (non-hydrogen) atoms. The molecule has 0 bridgehead atoms. The van der Waals surface area contributed by atoms with Gasteiger partial charge in [-0.15, -0.1) is 45.3 Å². The van der Waals surface area contributed by atoms with E-state index >= 15 is 0 Å². The summed E-state index contributed by atoms with van der Waals surface area (Å²) >= 11 is 8.53. The summed E-state index contributed by atoms with van der Waals surface area (Å²) in [5, 5.41) is 9.37. The van der Waals surface area contributed by atoms with Crippen LogP contribution in [0.5, 0.6) is 0 Å². The van der Waals surface area contributed by atoms with Crippen LogP contribution in [0.25, 0.3) is 51.1 Å². The van der Waals surface area contributed by atoms with Crippen molar-refractivity contribution in [3.8, 4) is 0 Å². The van der Waals surface area contributed by atoms with Crippen LogP contribution in [0.2, 0.25) is 0 Å². The van der Waals surface area contributed by atoms with E-state index in [-0.39, 0.29) is 0 Å². The maximum Gasteiger partial charge on any atom is 0.0446 e. The summed E-state index contributed by atoms with van der Waals surface area (Å²) in [7, 11) is 0. The Kier molecular flexibility index (Phi) is 12.5. The fourth-order valence-corrected chi connectivity index (χ4v) is 12.6. The second-order valence-corrected chi connectivity index (χ2v) is 18.4. The monoisotopic (exact) mass is 688 g/mol. The third-order valence-corrected chi connectivity index (χ3v) is 14.8. The summed E-state index contributed by atoms with van der Waals surface area (Å²) in [4.78, 5) is 6.40. The molecule has 4 aromatic heterocycles. The molecule has 4 heterocycles. The van der Waals surface area contributed by atoms with Gasteiger partial charge in [0.05, 0.1) is 0 Å². The molecule has 0 aliphatic carbocycles. The van der Waals surface area contributed by atoms with Crippen molar-refractivity contribution in [2.45, 2.75) is 156 Å². The Hall–Kier alpha value is -1.46.